The van der Waals surface area contributed by atoms with Crippen LogP contribution in [0.3, 0.4) is 0 Å². The van der Waals surface area contributed by atoms with E-state index in [9.17, 15) is 14.3 Å². The molecule has 0 aliphatic carbocycles. The number of amides is 1. The zero-order chi connectivity index (χ0) is 21.3. The average molecular weight is 408 g/mol. The van der Waals surface area contributed by atoms with Gasteiger partial charge in [-0.1, -0.05) is 12.1 Å². The van der Waals surface area contributed by atoms with Crippen molar-refractivity contribution >= 4 is 28.4 Å². The Morgan fingerprint density at radius 3 is 2.67 bits per heavy atom. The monoisotopic (exact) mass is 408 g/mol. The maximum absolute atomic E-state index is 14.7. The van der Waals surface area contributed by atoms with E-state index < -0.39 is 6.09 Å². The summed E-state index contributed by atoms with van der Waals surface area (Å²) in [6.45, 7) is 2.90. The first-order valence-electron chi connectivity index (χ1n) is 10.1. The van der Waals surface area contributed by atoms with Crippen molar-refractivity contribution < 1.29 is 14.3 Å². The molecule has 0 spiro atoms. The van der Waals surface area contributed by atoms with E-state index in [2.05, 4.69) is 15.6 Å². The SMILES string of the molecule is CNc1cc2c(NC3CCN(C(=O)O)CC3)cc(-c3c(C)cccc3F)cc2cn1. The van der Waals surface area contributed by atoms with Crippen molar-refractivity contribution in [1.29, 1.82) is 0 Å². The van der Waals surface area contributed by atoms with Gasteiger partial charge in [0.2, 0.25) is 0 Å². The number of hydrogen-bond acceptors (Lipinski definition) is 4. The van der Waals surface area contributed by atoms with Crippen LogP contribution in [0.5, 0.6) is 0 Å². The van der Waals surface area contributed by atoms with Gasteiger partial charge in [-0.3, -0.25) is 0 Å². The number of carbonyl (C=O) groups is 1. The van der Waals surface area contributed by atoms with Gasteiger partial charge in [0.1, 0.15) is 11.6 Å². The second-order valence-corrected chi connectivity index (χ2v) is 7.68. The number of halogens is 1. The van der Waals surface area contributed by atoms with Gasteiger partial charge in [-0.05, 0) is 55.2 Å². The highest BCUT2D eigenvalue weighted by molar-refractivity contribution is 5.99. The highest BCUT2D eigenvalue weighted by Crippen LogP contribution is 2.35. The Labute approximate surface area is 174 Å². The number of rotatable bonds is 4. The number of anilines is 2. The van der Waals surface area contributed by atoms with E-state index in [1.807, 2.05) is 38.2 Å². The van der Waals surface area contributed by atoms with Crippen molar-refractivity contribution in [2.45, 2.75) is 25.8 Å². The molecule has 1 aliphatic heterocycles. The normalized spacial score (nSPS) is 14.7. The number of benzene rings is 2. The lowest BCUT2D eigenvalue weighted by Gasteiger charge is -2.31. The molecular weight excluding hydrogens is 383 g/mol. The predicted molar refractivity (Wildman–Crippen MR) is 118 cm³/mol. The minimum Gasteiger partial charge on any atom is -0.465 e. The van der Waals surface area contributed by atoms with Gasteiger partial charge in [-0.15, -0.1) is 0 Å². The highest BCUT2D eigenvalue weighted by atomic mass is 19.1. The van der Waals surface area contributed by atoms with Crippen LogP contribution in [-0.2, 0) is 0 Å². The number of nitrogens with zero attached hydrogens (tertiary/aromatic N) is 2. The maximum Gasteiger partial charge on any atom is 0.407 e. The lowest BCUT2D eigenvalue weighted by Crippen LogP contribution is -2.41. The van der Waals surface area contributed by atoms with Crippen LogP contribution in [0.15, 0.2) is 42.6 Å². The lowest BCUT2D eigenvalue weighted by atomic mass is 9.96. The minimum atomic E-state index is -0.874. The molecule has 3 aromatic rings. The van der Waals surface area contributed by atoms with E-state index in [0.29, 0.717) is 18.7 Å². The lowest BCUT2D eigenvalue weighted by molar-refractivity contribution is 0.134. The summed E-state index contributed by atoms with van der Waals surface area (Å²) in [5.74, 6) is 0.496. The number of likely N-dealkylation sites (tertiary alicyclic amines) is 1. The Morgan fingerprint density at radius 1 is 1.23 bits per heavy atom. The molecule has 1 saturated heterocycles. The van der Waals surface area contributed by atoms with Crippen LogP contribution in [0.1, 0.15) is 18.4 Å². The first kappa shape index (κ1) is 19.9. The summed E-state index contributed by atoms with van der Waals surface area (Å²) in [5, 5.41) is 17.7. The second kappa shape index (κ2) is 8.18. The largest absolute Gasteiger partial charge is 0.465 e. The fraction of sp³-hybridized carbons (Fsp3) is 0.304. The molecule has 0 unspecified atom stereocenters. The van der Waals surface area contributed by atoms with E-state index in [-0.39, 0.29) is 11.9 Å². The molecule has 156 valence electrons. The molecule has 7 heteroatoms. The molecule has 3 N–H and O–H groups in total. The zero-order valence-electron chi connectivity index (χ0n) is 17.1. The molecule has 0 saturated carbocycles. The number of fused-ring (bicyclic) bond motifs is 1. The molecule has 4 rings (SSSR count). The van der Waals surface area contributed by atoms with E-state index in [1.165, 1.54) is 11.0 Å². The van der Waals surface area contributed by atoms with Crippen molar-refractivity contribution in [3.05, 3.63) is 54.0 Å². The molecule has 1 aromatic heterocycles. The molecule has 1 amide bonds. The smallest absolute Gasteiger partial charge is 0.407 e. The average Bonchev–Trinajstić information content (AvgIpc) is 2.74. The Kier molecular flexibility index (Phi) is 5.44. The van der Waals surface area contributed by atoms with Crippen molar-refractivity contribution in [3.8, 4) is 11.1 Å². The number of pyridine rings is 1. The maximum atomic E-state index is 14.7. The van der Waals surface area contributed by atoms with Gasteiger partial charge in [0.05, 0.1) is 0 Å². The Morgan fingerprint density at radius 2 is 2.00 bits per heavy atom. The summed E-state index contributed by atoms with van der Waals surface area (Å²) < 4.78 is 14.7. The molecule has 2 aromatic carbocycles. The number of aryl methyl sites for hydroxylation is 1. The summed E-state index contributed by atoms with van der Waals surface area (Å²) in [7, 11) is 1.82. The van der Waals surface area contributed by atoms with Gasteiger partial charge < -0.3 is 20.6 Å². The molecule has 6 nitrogen and oxygen atoms in total. The van der Waals surface area contributed by atoms with Crippen LogP contribution in [0.25, 0.3) is 21.9 Å². The van der Waals surface area contributed by atoms with Crippen LogP contribution in [0.4, 0.5) is 20.7 Å². The number of nitrogens with one attached hydrogen (secondary N) is 2. The number of hydrogen-bond donors (Lipinski definition) is 3. The zero-order valence-corrected chi connectivity index (χ0v) is 17.1. The van der Waals surface area contributed by atoms with Crippen molar-refractivity contribution in [2.75, 3.05) is 30.8 Å². The molecule has 2 heterocycles. The Bertz CT molecular complexity index is 1070. The quantitative estimate of drug-likeness (QED) is 0.570. The third-order valence-corrected chi connectivity index (χ3v) is 5.73. The van der Waals surface area contributed by atoms with Gasteiger partial charge in [0.15, 0.2) is 0 Å². The van der Waals surface area contributed by atoms with Crippen molar-refractivity contribution in [1.82, 2.24) is 9.88 Å². The number of aromatic nitrogens is 1. The second-order valence-electron chi connectivity index (χ2n) is 7.68. The van der Waals surface area contributed by atoms with Gasteiger partial charge in [0.25, 0.3) is 0 Å². The topological polar surface area (TPSA) is 77.5 Å². The molecule has 1 aliphatic rings. The minimum absolute atomic E-state index is 0.145. The predicted octanol–water partition coefficient (Wildman–Crippen LogP) is 4.95. The van der Waals surface area contributed by atoms with Gasteiger partial charge in [0, 0.05) is 54.4 Å². The van der Waals surface area contributed by atoms with E-state index in [1.54, 1.807) is 12.3 Å². The molecule has 1 fully saturated rings. The van der Waals surface area contributed by atoms with E-state index >= 15 is 0 Å². The fourth-order valence-electron chi connectivity index (χ4n) is 4.09. The first-order valence-corrected chi connectivity index (χ1v) is 10.1. The third kappa shape index (κ3) is 3.87. The first-order chi connectivity index (χ1) is 14.5. The van der Waals surface area contributed by atoms with Crippen LogP contribution >= 0.6 is 0 Å². The molecule has 0 radical (unpaired) electrons. The molecular formula is C23H25FN4O2. The van der Waals surface area contributed by atoms with Crippen LogP contribution < -0.4 is 10.6 Å². The fourth-order valence-corrected chi connectivity index (χ4v) is 4.09. The van der Waals surface area contributed by atoms with Crippen LogP contribution in [-0.4, -0.2) is 47.3 Å². The van der Waals surface area contributed by atoms with Crippen LogP contribution in [0.2, 0.25) is 0 Å². The van der Waals surface area contributed by atoms with Crippen molar-refractivity contribution in [2.24, 2.45) is 0 Å². The summed E-state index contributed by atoms with van der Waals surface area (Å²) in [5.41, 5.74) is 3.15. The van der Waals surface area contributed by atoms with Crippen molar-refractivity contribution in [3.63, 3.8) is 0 Å². The summed E-state index contributed by atoms with van der Waals surface area (Å²) in [6.07, 6.45) is 2.36. The standard InChI is InChI=1S/C23H25FN4O2/c1-14-4-3-5-19(24)22(14)15-10-16-13-26-21(25-2)12-18(16)20(11-15)27-17-6-8-28(9-7-17)23(29)30/h3-5,10-13,17,27H,6-9H2,1-2H3,(H,25,26)(H,29,30). The molecule has 30 heavy (non-hydrogen) atoms. The summed E-state index contributed by atoms with van der Waals surface area (Å²) in [4.78, 5) is 17.0. The van der Waals surface area contributed by atoms with Gasteiger partial charge in [-0.25, -0.2) is 14.2 Å². The van der Waals surface area contributed by atoms with Gasteiger partial charge in [-0.2, -0.15) is 0 Å². The summed E-state index contributed by atoms with van der Waals surface area (Å²) >= 11 is 0. The number of carboxylic acid groups (broad SMARTS) is 1. The molecule has 0 bridgehead atoms. The van der Waals surface area contributed by atoms with E-state index in [4.69, 9.17) is 0 Å². The van der Waals surface area contributed by atoms with Gasteiger partial charge >= 0.3 is 6.09 Å². The highest BCUT2D eigenvalue weighted by Gasteiger charge is 2.23. The Balaban J connectivity index is 1.75. The Hall–Kier alpha value is -3.35. The third-order valence-electron chi connectivity index (χ3n) is 5.73. The molecule has 0 atom stereocenters. The number of piperidine rings is 1. The van der Waals surface area contributed by atoms with Crippen LogP contribution in [0, 0.1) is 12.7 Å². The van der Waals surface area contributed by atoms with E-state index in [0.717, 1.165) is 46.2 Å². The summed E-state index contributed by atoms with van der Waals surface area (Å²) in [6, 6.07) is 11.2.